The van der Waals surface area contributed by atoms with Crippen LogP contribution in [0.1, 0.15) is 10.4 Å². The molecule has 9 heteroatoms. The molecule has 8 nitrogen and oxygen atoms in total. The van der Waals surface area contributed by atoms with E-state index in [1.807, 2.05) is 37.3 Å². The molecule has 0 aliphatic rings. The first-order valence-electron chi connectivity index (χ1n) is 7.87. The number of aryl methyl sites for hydroxylation is 1. The number of benzene rings is 2. The molecule has 0 aliphatic carbocycles. The van der Waals surface area contributed by atoms with Crippen LogP contribution >= 0.6 is 11.3 Å². The molecule has 138 valence electrons. The molecule has 3 aromatic rings. The van der Waals surface area contributed by atoms with Crippen molar-refractivity contribution in [2.24, 2.45) is 5.10 Å². The molecule has 0 spiro atoms. The van der Waals surface area contributed by atoms with Gasteiger partial charge in [-0.05, 0) is 13.0 Å². The fourth-order valence-electron chi connectivity index (χ4n) is 2.45. The SMILES string of the molecule is COc1cc(/C=N\Nc2nc(-c3ccccc3)c(C)s2)cc([N+](=O)[O-])c1O. The summed E-state index contributed by atoms with van der Waals surface area (Å²) in [6, 6.07) is 12.5. The Kier molecular flexibility index (Phi) is 5.32. The first kappa shape index (κ1) is 18.3. The predicted molar refractivity (Wildman–Crippen MR) is 105 cm³/mol. The van der Waals surface area contributed by atoms with Crippen molar-refractivity contribution < 1.29 is 14.8 Å². The number of phenolic OH excluding ortho intramolecular Hbond substituents is 1. The van der Waals surface area contributed by atoms with Gasteiger partial charge in [0.2, 0.25) is 10.9 Å². The van der Waals surface area contributed by atoms with Gasteiger partial charge in [-0.15, -0.1) is 11.3 Å². The molecule has 0 aliphatic heterocycles. The molecule has 1 heterocycles. The average molecular weight is 384 g/mol. The number of phenols is 1. The van der Waals surface area contributed by atoms with Crippen LogP contribution in [0.5, 0.6) is 11.5 Å². The van der Waals surface area contributed by atoms with Crippen LogP contribution < -0.4 is 10.2 Å². The van der Waals surface area contributed by atoms with E-state index in [9.17, 15) is 15.2 Å². The third-order valence-electron chi connectivity index (χ3n) is 3.71. The monoisotopic (exact) mass is 384 g/mol. The molecule has 0 unspecified atom stereocenters. The van der Waals surface area contributed by atoms with Gasteiger partial charge in [0.05, 0.1) is 23.9 Å². The number of hydrogen-bond donors (Lipinski definition) is 2. The maximum atomic E-state index is 11.0. The van der Waals surface area contributed by atoms with Crippen LogP contribution in [-0.2, 0) is 0 Å². The van der Waals surface area contributed by atoms with Gasteiger partial charge in [0, 0.05) is 22.1 Å². The van der Waals surface area contributed by atoms with Crippen molar-refractivity contribution in [3.05, 3.63) is 63.0 Å². The molecule has 0 saturated heterocycles. The summed E-state index contributed by atoms with van der Waals surface area (Å²) in [6.45, 7) is 1.98. The fourth-order valence-corrected chi connectivity index (χ4v) is 3.24. The average Bonchev–Trinajstić information content (AvgIpc) is 3.03. The van der Waals surface area contributed by atoms with Gasteiger partial charge in [0.1, 0.15) is 0 Å². The van der Waals surface area contributed by atoms with Crippen molar-refractivity contribution in [3.63, 3.8) is 0 Å². The summed E-state index contributed by atoms with van der Waals surface area (Å²) in [7, 11) is 1.32. The Morgan fingerprint density at radius 2 is 2.07 bits per heavy atom. The number of nitro groups is 1. The van der Waals surface area contributed by atoms with Crippen molar-refractivity contribution in [1.82, 2.24) is 4.98 Å². The minimum atomic E-state index is -0.682. The van der Waals surface area contributed by atoms with E-state index in [4.69, 9.17) is 4.74 Å². The smallest absolute Gasteiger partial charge is 0.315 e. The number of methoxy groups -OCH3 is 1. The van der Waals surface area contributed by atoms with Gasteiger partial charge in [-0.3, -0.25) is 15.5 Å². The predicted octanol–water partition coefficient (Wildman–Crippen LogP) is 4.19. The summed E-state index contributed by atoms with van der Waals surface area (Å²) >= 11 is 1.45. The van der Waals surface area contributed by atoms with E-state index >= 15 is 0 Å². The fraction of sp³-hybridized carbons (Fsp3) is 0.111. The van der Waals surface area contributed by atoms with E-state index in [1.54, 1.807) is 0 Å². The molecule has 2 N–H and O–H groups in total. The van der Waals surface area contributed by atoms with Crippen LogP contribution in [0.25, 0.3) is 11.3 Å². The van der Waals surface area contributed by atoms with Crippen LogP contribution in [0.2, 0.25) is 0 Å². The minimum absolute atomic E-state index is 0.00195. The summed E-state index contributed by atoms with van der Waals surface area (Å²) in [5.41, 5.74) is 4.67. The third-order valence-corrected chi connectivity index (χ3v) is 4.59. The number of hydrazone groups is 1. The summed E-state index contributed by atoms with van der Waals surface area (Å²) in [5, 5.41) is 25.5. The highest BCUT2D eigenvalue weighted by molar-refractivity contribution is 7.15. The van der Waals surface area contributed by atoms with E-state index in [-0.39, 0.29) is 5.75 Å². The Hall–Kier alpha value is -3.46. The number of nitrogens with zero attached hydrogens (tertiary/aromatic N) is 3. The van der Waals surface area contributed by atoms with Crippen LogP contribution in [-0.4, -0.2) is 28.3 Å². The van der Waals surface area contributed by atoms with Crippen LogP contribution in [0, 0.1) is 17.0 Å². The zero-order valence-corrected chi connectivity index (χ0v) is 15.4. The molecule has 0 radical (unpaired) electrons. The van der Waals surface area contributed by atoms with Crippen molar-refractivity contribution in [3.8, 4) is 22.8 Å². The minimum Gasteiger partial charge on any atom is -0.500 e. The molecule has 27 heavy (non-hydrogen) atoms. The topological polar surface area (TPSA) is 110 Å². The number of nitro benzene ring substituents is 1. The Labute approximate surface area is 158 Å². The highest BCUT2D eigenvalue weighted by Crippen LogP contribution is 2.36. The number of aromatic hydroxyl groups is 1. The highest BCUT2D eigenvalue weighted by Gasteiger charge is 2.19. The number of ether oxygens (including phenoxy) is 1. The molecular weight excluding hydrogens is 368 g/mol. The number of aromatic nitrogens is 1. The molecule has 0 atom stereocenters. The Bertz CT molecular complexity index is 1000. The quantitative estimate of drug-likeness (QED) is 0.375. The van der Waals surface area contributed by atoms with Gasteiger partial charge in [0.15, 0.2) is 5.75 Å². The molecule has 0 fully saturated rings. The zero-order valence-electron chi connectivity index (χ0n) is 14.5. The van der Waals surface area contributed by atoms with Gasteiger partial charge >= 0.3 is 5.69 Å². The second-order valence-electron chi connectivity index (χ2n) is 5.51. The van der Waals surface area contributed by atoms with E-state index in [2.05, 4.69) is 15.5 Å². The summed E-state index contributed by atoms with van der Waals surface area (Å²) < 4.78 is 4.96. The lowest BCUT2D eigenvalue weighted by Crippen LogP contribution is -1.96. The van der Waals surface area contributed by atoms with E-state index < -0.39 is 16.4 Å². The van der Waals surface area contributed by atoms with Crippen LogP contribution in [0.3, 0.4) is 0 Å². The van der Waals surface area contributed by atoms with E-state index in [1.165, 1.54) is 36.8 Å². The number of nitrogens with one attached hydrogen (secondary N) is 1. The van der Waals surface area contributed by atoms with Crippen molar-refractivity contribution in [2.75, 3.05) is 12.5 Å². The molecule has 3 rings (SSSR count). The third kappa shape index (κ3) is 4.04. The van der Waals surface area contributed by atoms with Crippen molar-refractivity contribution in [2.45, 2.75) is 6.92 Å². The van der Waals surface area contributed by atoms with E-state index in [0.717, 1.165) is 16.1 Å². The highest BCUT2D eigenvalue weighted by atomic mass is 32.1. The lowest BCUT2D eigenvalue weighted by atomic mass is 10.1. The van der Waals surface area contributed by atoms with Crippen molar-refractivity contribution in [1.29, 1.82) is 0 Å². The van der Waals surface area contributed by atoms with Crippen LogP contribution in [0.4, 0.5) is 10.8 Å². The lowest BCUT2D eigenvalue weighted by Gasteiger charge is -2.04. The van der Waals surface area contributed by atoms with Gasteiger partial charge in [-0.1, -0.05) is 30.3 Å². The largest absolute Gasteiger partial charge is 0.500 e. The zero-order chi connectivity index (χ0) is 19.4. The van der Waals surface area contributed by atoms with Gasteiger partial charge < -0.3 is 9.84 Å². The van der Waals surface area contributed by atoms with Gasteiger partial charge in [-0.25, -0.2) is 4.98 Å². The maximum absolute atomic E-state index is 11.0. The normalized spacial score (nSPS) is 10.9. The second kappa shape index (κ2) is 7.83. The first-order valence-corrected chi connectivity index (χ1v) is 8.68. The Balaban J connectivity index is 1.80. The maximum Gasteiger partial charge on any atom is 0.315 e. The van der Waals surface area contributed by atoms with Crippen molar-refractivity contribution >= 4 is 28.4 Å². The molecule has 1 aromatic heterocycles. The number of hydrogen-bond acceptors (Lipinski definition) is 8. The van der Waals surface area contributed by atoms with Gasteiger partial charge in [0.25, 0.3) is 0 Å². The summed E-state index contributed by atoms with van der Waals surface area (Å²) in [6.07, 6.45) is 1.40. The van der Waals surface area contributed by atoms with E-state index in [0.29, 0.717) is 10.7 Å². The molecule has 0 amide bonds. The van der Waals surface area contributed by atoms with Crippen LogP contribution in [0.15, 0.2) is 47.6 Å². The lowest BCUT2D eigenvalue weighted by molar-refractivity contribution is -0.386. The molecule has 0 bridgehead atoms. The standard InChI is InChI=1S/C18H16N4O4S/c1-11-16(13-6-4-3-5-7-13)20-18(27-11)21-19-10-12-8-14(22(24)25)17(23)15(9-12)26-2/h3-10,23H,1-2H3,(H,20,21)/b19-10-. The summed E-state index contributed by atoms with van der Waals surface area (Å²) in [5.74, 6) is -0.516. The number of rotatable bonds is 6. The Morgan fingerprint density at radius 1 is 1.33 bits per heavy atom. The molecule has 0 saturated carbocycles. The summed E-state index contributed by atoms with van der Waals surface area (Å²) in [4.78, 5) is 15.9. The first-order chi connectivity index (χ1) is 13.0. The Morgan fingerprint density at radius 3 is 2.74 bits per heavy atom. The molecular formula is C18H16N4O4S. The number of anilines is 1. The van der Waals surface area contributed by atoms with Gasteiger partial charge in [-0.2, -0.15) is 5.10 Å². The number of thiazole rings is 1. The molecule has 2 aromatic carbocycles. The second-order valence-corrected chi connectivity index (χ2v) is 6.71.